The summed E-state index contributed by atoms with van der Waals surface area (Å²) in [4.78, 5) is 3.12. The van der Waals surface area contributed by atoms with Gasteiger partial charge in [0.05, 0.1) is 11.3 Å². The minimum atomic E-state index is -4.57. The molecule has 1 rings (SSSR count). The van der Waals surface area contributed by atoms with Crippen molar-refractivity contribution < 1.29 is 27.1 Å². The first kappa shape index (κ1) is 11.8. The molecule has 1 heterocycles. The van der Waals surface area contributed by atoms with E-state index in [1.165, 1.54) is 0 Å². The highest BCUT2D eigenvalue weighted by atomic mass is 19.4. The maximum Gasteiger partial charge on any atom is 0.417 e. The Morgan fingerprint density at radius 3 is 2.13 bits per heavy atom. The second-order valence-corrected chi connectivity index (χ2v) is 2.75. The van der Waals surface area contributed by atoms with Crippen LogP contribution in [0.25, 0.3) is 0 Å². The summed E-state index contributed by atoms with van der Waals surface area (Å²) in [7, 11) is 0. The lowest BCUT2D eigenvalue weighted by molar-refractivity contribution is -0.137. The van der Waals surface area contributed by atoms with Gasteiger partial charge in [0.1, 0.15) is 0 Å². The smallest absolute Gasteiger partial charge is 0.381 e. The van der Waals surface area contributed by atoms with Crippen molar-refractivity contribution in [2.45, 2.75) is 18.7 Å². The van der Waals surface area contributed by atoms with Crippen molar-refractivity contribution in [3.63, 3.8) is 0 Å². The van der Waals surface area contributed by atoms with E-state index in [4.69, 9.17) is 5.11 Å². The van der Waals surface area contributed by atoms with Gasteiger partial charge in [-0.3, -0.25) is 4.98 Å². The van der Waals surface area contributed by atoms with Crippen molar-refractivity contribution >= 4 is 0 Å². The van der Waals surface area contributed by atoms with Gasteiger partial charge in [-0.15, -0.1) is 0 Å². The van der Waals surface area contributed by atoms with Crippen LogP contribution in [0.3, 0.4) is 0 Å². The molecule has 84 valence electrons. The number of hydrogen-bond donors (Lipinski definition) is 1. The van der Waals surface area contributed by atoms with Crippen LogP contribution in [-0.2, 0) is 6.18 Å². The first-order chi connectivity index (χ1) is 6.82. The molecule has 0 aliphatic rings. The van der Waals surface area contributed by atoms with E-state index in [9.17, 15) is 22.0 Å². The summed E-state index contributed by atoms with van der Waals surface area (Å²) in [6.45, 7) is 0. The summed E-state index contributed by atoms with van der Waals surface area (Å²) in [5, 5.41) is 8.80. The highest BCUT2D eigenvalue weighted by Gasteiger charge is 2.31. The topological polar surface area (TPSA) is 33.1 Å². The van der Waals surface area contributed by atoms with Gasteiger partial charge in [0.25, 0.3) is 6.43 Å². The average Bonchev–Trinajstić information content (AvgIpc) is 2.15. The molecule has 15 heavy (non-hydrogen) atoms. The quantitative estimate of drug-likeness (QED) is 0.787. The van der Waals surface area contributed by atoms with Gasteiger partial charge in [-0.25, -0.2) is 8.78 Å². The lowest BCUT2D eigenvalue weighted by atomic mass is 10.2. The van der Waals surface area contributed by atoms with Crippen LogP contribution in [-0.4, -0.2) is 16.5 Å². The van der Waals surface area contributed by atoms with Crippen LogP contribution < -0.4 is 0 Å². The number of aromatic nitrogens is 1. The third-order valence-electron chi connectivity index (χ3n) is 1.66. The fourth-order valence-electron chi connectivity index (χ4n) is 0.877. The molecule has 2 nitrogen and oxygen atoms in total. The predicted molar refractivity (Wildman–Crippen MR) is 40.2 cm³/mol. The Bertz CT molecular complexity index is 321. The van der Waals surface area contributed by atoms with Crippen molar-refractivity contribution in [1.82, 2.24) is 4.98 Å². The van der Waals surface area contributed by atoms with E-state index in [0.717, 1.165) is 6.07 Å². The van der Waals surface area contributed by atoms with Crippen molar-refractivity contribution in [1.29, 1.82) is 0 Å². The molecule has 0 saturated heterocycles. The van der Waals surface area contributed by atoms with E-state index in [1.807, 2.05) is 0 Å². The van der Waals surface area contributed by atoms with Gasteiger partial charge < -0.3 is 5.11 Å². The zero-order valence-corrected chi connectivity index (χ0v) is 7.17. The molecule has 0 aromatic carbocycles. The van der Waals surface area contributed by atoms with Gasteiger partial charge in [-0.1, -0.05) is 0 Å². The lowest BCUT2D eigenvalue weighted by Gasteiger charge is -2.10. The number of nitrogens with zero attached hydrogens (tertiary/aromatic N) is 1. The fraction of sp³-hybridized carbons (Fsp3) is 0.375. The van der Waals surface area contributed by atoms with Crippen molar-refractivity contribution in [2.24, 2.45) is 0 Å². The van der Waals surface area contributed by atoms with Crippen LogP contribution in [0.15, 0.2) is 18.3 Å². The molecule has 0 aliphatic heterocycles. The first-order valence-electron chi connectivity index (χ1n) is 3.81. The summed E-state index contributed by atoms with van der Waals surface area (Å²) in [5.74, 6) is 0. The molecular formula is C8H6F5NO. The van der Waals surface area contributed by atoms with E-state index < -0.39 is 30.0 Å². The second-order valence-electron chi connectivity index (χ2n) is 2.75. The maximum absolute atomic E-state index is 12.0. The van der Waals surface area contributed by atoms with E-state index in [0.29, 0.717) is 12.3 Å². The van der Waals surface area contributed by atoms with Crippen molar-refractivity contribution in [3.8, 4) is 0 Å². The SMILES string of the molecule is OC(c1ccc(C(F)(F)F)cn1)C(F)F. The molecule has 0 bridgehead atoms. The Kier molecular flexibility index (Phi) is 3.23. The number of alkyl halides is 5. The molecule has 0 aliphatic carbocycles. The molecule has 0 radical (unpaired) electrons. The molecule has 0 fully saturated rings. The third kappa shape index (κ3) is 2.85. The van der Waals surface area contributed by atoms with Crippen LogP contribution in [0.2, 0.25) is 0 Å². The number of aliphatic hydroxyl groups is 1. The van der Waals surface area contributed by atoms with E-state index in [-0.39, 0.29) is 0 Å². The molecule has 1 aromatic rings. The van der Waals surface area contributed by atoms with Gasteiger partial charge >= 0.3 is 6.18 Å². The molecule has 7 heteroatoms. The number of halogens is 5. The monoisotopic (exact) mass is 227 g/mol. The molecule has 1 atom stereocenters. The highest BCUT2D eigenvalue weighted by Crippen LogP contribution is 2.29. The van der Waals surface area contributed by atoms with Crippen LogP contribution >= 0.6 is 0 Å². The van der Waals surface area contributed by atoms with Crippen LogP contribution in [0.4, 0.5) is 22.0 Å². The Balaban J connectivity index is 2.91. The largest absolute Gasteiger partial charge is 0.417 e. The summed E-state index contributed by atoms with van der Waals surface area (Å²) in [6.07, 6.45) is -9.40. The van der Waals surface area contributed by atoms with Gasteiger partial charge in [0, 0.05) is 6.20 Å². The Morgan fingerprint density at radius 2 is 1.80 bits per heavy atom. The highest BCUT2D eigenvalue weighted by molar-refractivity contribution is 5.18. The van der Waals surface area contributed by atoms with Crippen molar-refractivity contribution in [2.75, 3.05) is 0 Å². The molecule has 0 spiro atoms. The third-order valence-corrected chi connectivity index (χ3v) is 1.66. The standard InChI is InChI=1S/C8H6F5NO/c9-7(10)6(15)5-2-1-4(3-14-5)8(11,12)13/h1-3,6-7,15H. The minimum Gasteiger partial charge on any atom is -0.381 e. The van der Waals surface area contributed by atoms with Crippen molar-refractivity contribution in [3.05, 3.63) is 29.6 Å². The second kappa shape index (κ2) is 4.09. The maximum atomic E-state index is 12.0. The Labute approximate surface area is 81.4 Å². The number of rotatable bonds is 2. The van der Waals surface area contributed by atoms with E-state index in [2.05, 4.69) is 4.98 Å². The molecule has 1 aromatic heterocycles. The van der Waals surface area contributed by atoms with E-state index in [1.54, 1.807) is 0 Å². The van der Waals surface area contributed by atoms with Gasteiger partial charge in [-0.2, -0.15) is 13.2 Å². The number of hydrogen-bond acceptors (Lipinski definition) is 2. The summed E-state index contributed by atoms with van der Waals surface area (Å²) in [5.41, 5.74) is -1.54. The Morgan fingerprint density at radius 1 is 1.20 bits per heavy atom. The summed E-state index contributed by atoms with van der Waals surface area (Å²) < 4.78 is 60.0. The molecule has 0 amide bonds. The Hall–Kier alpha value is -1.24. The molecule has 1 unspecified atom stereocenters. The lowest BCUT2D eigenvalue weighted by Crippen LogP contribution is -2.11. The zero-order valence-electron chi connectivity index (χ0n) is 7.17. The van der Waals surface area contributed by atoms with Crippen LogP contribution in [0.1, 0.15) is 17.4 Å². The van der Waals surface area contributed by atoms with Crippen LogP contribution in [0.5, 0.6) is 0 Å². The molecular weight excluding hydrogens is 221 g/mol. The van der Waals surface area contributed by atoms with Crippen LogP contribution in [0, 0.1) is 0 Å². The van der Waals surface area contributed by atoms with Gasteiger partial charge in [0.2, 0.25) is 0 Å². The molecule has 1 N–H and O–H groups in total. The normalized spacial score (nSPS) is 14.3. The van der Waals surface area contributed by atoms with Gasteiger partial charge in [-0.05, 0) is 12.1 Å². The number of aliphatic hydroxyl groups excluding tert-OH is 1. The predicted octanol–water partition coefficient (Wildman–Crippen LogP) is 2.40. The fourth-order valence-corrected chi connectivity index (χ4v) is 0.877. The molecule has 0 saturated carbocycles. The summed E-state index contributed by atoms with van der Waals surface area (Å²) >= 11 is 0. The van der Waals surface area contributed by atoms with Gasteiger partial charge in [0.15, 0.2) is 6.10 Å². The summed E-state index contributed by atoms with van der Waals surface area (Å²) in [6, 6.07) is 1.31. The average molecular weight is 227 g/mol. The minimum absolute atomic E-state index is 0.404. The zero-order chi connectivity index (χ0) is 11.6. The first-order valence-corrected chi connectivity index (χ1v) is 3.81. The van der Waals surface area contributed by atoms with E-state index >= 15 is 0 Å². The number of pyridine rings is 1.